The van der Waals surface area contributed by atoms with Gasteiger partial charge in [-0.15, -0.1) is 0 Å². The van der Waals surface area contributed by atoms with Crippen molar-refractivity contribution in [3.8, 4) is 0 Å². The van der Waals surface area contributed by atoms with Crippen molar-refractivity contribution < 1.29 is 28.6 Å². The van der Waals surface area contributed by atoms with Crippen molar-refractivity contribution in [2.45, 2.75) is 297 Å². The van der Waals surface area contributed by atoms with Crippen LogP contribution in [-0.4, -0.2) is 37.2 Å². The standard InChI is InChI=1S/C67H114O6/c1-4-7-10-13-16-19-22-25-28-31-33-36-38-41-44-47-50-53-56-59-65(68)71-62-64(73-67(70)61-58-55-52-49-46-43-40-35-30-27-24-21-18-15-12-9-6-3)63-72-66(69)60-57-54-51-48-45-42-39-37-34-32-29-26-23-20-17-14-11-8-5-2/h16,18-19,21,25-30,33,36,40-41,43-44,64H,4-15,17,20,22-24,31-32,34-35,37-39,42,45-63H2,1-3H3/b19-16-,21-18-,28-25-,29-26-,30-27-,36-33-,43-40-,44-41-/t64-/m1/s1. The van der Waals surface area contributed by atoms with Gasteiger partial charge in [0.15, 0.2) is 6.10 Å². The van der Waals surface area contributed by atoms with Crippen LogP contribution in [-0.2, 0) is 28.6 Å². The van der Waals surface area contributed by atoms with Crippen molar-refractivity contribution in [1.82, 2.24) is 0 Å². The van der Waals surface area contributed by atoms with Gasteiger partial charge in [0.2, 0.25) is 0 Å². The lowest BCUT2D eigenvalue weighted by atomic mass is 10.1. The Morgan fingerprint density at radius 2 is 0.493 bits per heavy atom. The van der Waals surface area contributed by atoms with Gasteiger partial charge in [-0.25, -0.2) is 0 Å². The lowest BCUT2D eigenvalue weighted by Crippen LogP contribution is -2.30. The Morgan fingerprint density at radius 1 is 0.274 bits per heavy atom. The fraction of sp³-hybridized carbons (Fsp3) is 0.716. The molecule has 0 aliphatic rings. The summed E-state index contributed by atoms with van der Waals surface area (Å²) in [7, 11) is 0. The maximum absolute atomic E-state index is 12.9. The zero-order valence-electron chi connectivity index (χ0n) is 47.9. The Balaban J connectivity index is 4.48. The summed E-state index contributed by atoms with van der Waals surface area (Å²) in [4.78, 5) is 38.3. The van der Waals surface area contributed by atoms with Crippen molar-refractivity contribution in [3.05, 3.63) is 97.2 Å². The first kappa shape index (κ1) is 69.3. The Labute approximate surface area is 451 Å². The zero-order valence-corrected chi connectivity index (χ0v) is 47.9. The number of hydrogen-bond donors (Lipinski definition) is 0. The normalized spacial score (nSPS) is 12.8. The highest BCUT2D eigenvalue weighted by atomic mass is 16.6. The third-order valence-corrected chi connectivity index (χ3v) is 13.0. The number of unbranched alkanes of at least 4 members (excludes halogenated alkanes) is 28. The first-order valence-electron chi connectivity index (χ1n) is 30.7. The largest absolute Gasteiger partial charge is 0.462 e. The summed E-state index contributed by atoms with van der Waals surface area (Å²) in [5.74, 6) is -0.947. The molecular weight excluding hydrogens is 901 g/mol. The molecule has 1 atom stereocenters. The van der Waals surface area contributed by atoms with Gasteiger partial charge in [0.1, 0.15) is 13.2 Å². The molecular formula is C67H114O6. The molecule has 0 amide bonds. The van der Waals surface area contributed by atoms with Crippen molar-refractivity contribution in [3.63, 3.8) is 0 Å². The van der Waals surface area contributed by atoms with Crippen LogP contribution in [0.4, 0.5) is 0 Å². The fourth-order valence-corrected chi connectivity index (χ4v) is 8.37. The second kappa shape index (κ2) is 60.9. The van der Waals surface area contributed by atoms with Gasteiger partial charge < -0.3 is 14.2 Å². The van der Waals surface area contributed by atoms with Crippen molar-refractivity contribution in [2.24, 2.45) is 0 Å². The van der Waals surface area contributed by atoms with Crippen LogP contribution < -0.4 is 0 Å². The summed E-state index contributed by atoms with van der Waals surface area (Å²) in [6.45, 7) is 6.55. The summed E-state index contributed by atoms with van der Waals surface area (Å²) >= 11 is 0. The van der Waals surface area contributed by atoms with Crippen molar-refractivity contribution >= 4 is 17.9 Å². The van der Waals surface area contributed by atoms with Crippen LogP contribution in [0.2, 0.25) is 0 Å². The molecule has 0 N–H and O–H groups in total. The van der Waals surface area contributed by atoms with E-state index in [1.807, 2.05) is 0 Å². The average molecular weight is 1020 g/mol. The lowest BCUT2D eigenvalue weighted by molar-refractivity contribution is -0.167. The fourth-order valence-electron chi connectivity index (χ4n) is 8.37. The van der Waals surface area contributed by atoms with E-state index in [0.717, 1.165) is 109 Å². The van der Waals surface area contributed by atoms with E-state index < -0.39 is 6.10 Å². The summed E-state index contributed by atoms with van der Waals surface area (Å²) in [5.41, 5.74) is 0. The Bertz CT molecular complexity index is 1440. The van der Waals surface area contributed by atoms with Crippen LogP contribution in [0.5, 0.6) is 0 Å². The molecule has 0 aromatic heterocycles. The maximum Gasteiger partial charge on any atom is 0.306 e. The van der Waals surface area contributed by atoms with Gasteiger partial charge in [-0.1, -0.05) is 240 Å². The molecule has 0 rings (SSSR count). The highest BCUT2D eigenvalue weighted by Crippen LogP contribution is 2.15. The molecule has 0 heterocycles. The molecule has 0 saturated carbocycles. The van der Waals surface area contributed by atoms with Gasteiger partial charge in [-0.3, -0.25) is 14.4 Å². The van der Waals surface area contributed by atoms with Gasteiger partial charge in [0.25, 0.3) is 0 Å². The second-order valence-electron chi connectivity index (χ2n) is 20.2. The topological polar surface area (TPSA) is 78.9 Å². The number of hydrogen-bond acceptors (Lipinski definition) is 6. The van der Waals surface area contributed by atoms with Gasteiger partial charge in [0.05, 0.1) is 0 Å². The number of allylic oxidation sites excluding steroid dienone is 16. The third kappa shape index (κ3) is 59.1. The quantitative estimate of drug-likeness (QED) is 0.0261. The molecule has 0 fully saturated rings. The molecule has 0 aromatic rings. The van der Waals surface area contributed by atoms with Crippen LogP contribution in [0, 0.1) is 0 Å². The molecule has 0 aromatic carbocycles. The highest BCUT2D eigenvalue weighted by Gasteiger charge is 2.19. The number of rotatable bonds is 55. The summed E-state index contributed by atoms with van der Waals surface area (Å²) in [6.07, 6.45) is 81.1. The minimum atomic E-state index is -0.806. The van der Waals surface area contributed by atoms with E-state index in [9.17, 15) is 14.4 Å². The van der Waals surface area contributed by atoms with Crippen molar-refractivity contribution in [1.29, 1.82) is 0 Å². The maximum atomic E-state index is 12.9. The van der Waals surface area contributed by atoms with E-state index in [4.69, 9.17) is 14.2 Å². The van der Waals surface area contributed by atoms with Crippen molar-refractivity contribution in [2.75, 3.05) is 13.2 Å². The van der Waals surface area contributed by atoms with E-state index >= 15 is 0 Å². The van der Waals surface area contributed by atoms with Gasteiger partial charge >= 0.3 is 17.9 Å². The summed E-state index contributed by atoms with van der Waals surface area (Å²) < 4.78 is 16.9. The molecule has 418 valence electrons. The molecule has 0 bridgehead atoms. The zero-order chi connectivity index (χ0) is 52.9. The average Bonchev–Trinajstić information content (AvgIpc) is 3.39. The number of carbonyl (C=O) groups excluding carboxylic acids is 3. The molecule has 0 radical (unpaired) electrons. The first-order chi connectivity index (χ1) is 36.0. The molecule has 0 aliphatic carbocycles. The monoisotopic (exact) mass is 1010 g/mol. The van der Waals surface area contributed by atoms with Crippen LogP contribution in [0.15, 0.2) is 97.2 Å². The third-order valence-electron chi connectivity index (χ3n) is 13.0. The van der Waals surface area contributed by atoms with E-state index in [1.54, 1.807) is 0 Å². The van der Waals surface area contributed by atoms with Crippen LogP contribution in [0.3, 0.4) is 0 Å². The summed E-state index contributed by atoms with van der Waals surface area (Å²) in [6, 6.07) is 0. The predicted molar refractivity (Wildman–Crippen MR) is 316 cm³/mol. The Hall–Kier alpha value is -3.67. The first-order valence-corrected chi connectivity index (χ1v) is 30.7. The van der Waals surface area contributed by atoms with Crippen LogP contribution in [0.1, 0.15) is 290 Å². The minimum Gasteiger partial charge on any atom is -0.462 e. The van der Waals surface area contributed by atoms with Crippen LogP contribution >= 0.6 is 0 Å². The molecule has 6 heteroatoms. The molecule has 0 spiro atoms. The Morgan fingerprint density at radius 3 is 0.822 bits per heavy atom. The molecule has 6 nitrogen and oxygen atoms in total. The number of ether oxygens (including phenoxy) is 3. The number of esters is 3. The van der Waals surface area contributed by atoms with Gasteiger partial charge in [-0.2, -0.15) is 0 Å². The van der Waals surface area contributed by atoms with E-state index in [1.165, 1.54) is 141 Å². The molecule has 0 saturated heterocycles. The van der Waals surface area contributed by atoms with Gasteiger partial charge in [0, 0.05) is 19.3 Å². The predicted octanol–water partition coefficient (Wildman–Crippen LogP) is 20.9. The van der Waals surface area contributed by atoms with Gasteiger partial charge in [-0.05, 0) is 128 Å². The lowest BCUT2D eigenvalue weighted by Gasteiger charge is -2.18. The second-order valence-corrected chi connectivity index (χ2v) is 20.2. The molecule has 0 unspecified atom stereocenters. The molecule has 0 aliphatic heterocycles. The minimum absolute atomic E-state index is 0.0981. The SMILES string of the molecule is CCCCC/C=C\C/C=C\C/C=C\C/C=C\CCCCCC(=O)OC[C@H](COC(=O)CCCCCCCCCCC/C=C\CCCCCCCC)OC(=O)CCCCCC/C=C\C/C=C\C/C=C\CCCCC. The Kier molecular flexibility index (Phi) is 57.8. The molecule has 73 heavy (non-hydrogen) atoms. The smallest absolute Gasteiger partial charge is 0.306 e. The number of carbonyl (C=O) groups is 3. The van der Waals surface area contributed by atoms with E-state index in [2.05, 4.69) is 118 Å². The van der Waals surface area contributed by atoms with E-state index in [-0.39, 0.29) is 31.1 Å². The van der Waals surface area contributed by atoms with Crippen LogP contribution in [0.25, 0.3) is 0 Å². The van der Waals surface area contributed by atoms with E-state index in [0.29, 0.717) is 19.3 Å². The highest BCUT2D eigenvalue weighted by molar-refractivity contribution is 5.71. The summed E-state index contributed by atoms with van der Waals surface area (Å²) in [5, 5.41) is 0.